The van der Waals surface area contributed by atoms with Crippen molar-refractivity contribution in [2.45, 2.75) is 52.0 Å². The lowest BCUT2D eigenvalue weighted by Crippen LogP contribution is -2.40. The van der Waals surface area contributed by atoms with Crippen molar-refractivity contribution in [3.63, 3.8) is 0 Å². The SMILES string of the molecule is CCOc1ccc2ccc(OCC)c(/C=C3\SC(=Nc4ccccc4)N(C4CCCCC4)C3=O)c2c1. The van der Waals surface area contributed by atoms with Gasteiger partial charge in [0.1, 0.15) is 11.5 Å². The molecule has 2 aliphatic rings. The third kappa shape index (κ3) is 5.14. The smallest absolute Gasteiger partial charge is 0.267 e. The molecule has 1 amide bonds. The molecule has 1 heterocycles. The Bertz CT molecular complexity index is 1290. The zero-order valence-electron chi connectivity index (χ0n) is 20.9. The van der Waals surface area contributed by atoms with Gasteiger partial charge in [-0.3, -0.25) is 9.69 Å². The van der Waals surface area contributed by atoms with Gasteiger partial charge in [0, 0.05) is 11.6 Å². The van der Waals surface area contributed by atoms with Gasteiger partial charge in [0.2, 0.25) is 0 Å². The van der Waals surface area contributed by atoms with Gasteiger partial charge in [-0.15, -0.1) is 0 Å². The third-order valence-corrected chi connectivity index (χ3v) is 7.62. The van der Waals surface area contributed by atoms with Crippen molar-refractivity contribution in [2.24, 2.45) is 4.99 Å². The number of nitrogens with zero attached hydrogens (tertiary/aromatic N) is 2. The number of amidine groups is 1. The molecule has 1 saturated carbocycles. The van der Waals surface area contributed by atoms with Crippen LogP contribution in [0.3, 0.4) is 0 Å². The summed E-state index contributed by atoms with van der Waals surface area (Å²) < 4.78 is 11.8. The quantitative estimate of drug-likeness (QED) is 0.314. The number of carbonyl (C=O) groups is 1. The number of ether oxygens (including phenoxy) is 2. The van der Waals surface area contributed by atoms with Crippen molar-refractivity contribution in [1.82, 2.24) is 4.90 Å². The van der Waals surface area contributed by atoms with Crippen molar-refractivity contribution in [3.8, 4) is 11.5 Å². The molecule has 0 radical (unpaired) electrons. The summed E-state index contributed by atoms with van der Waals surface area (Å²) in [5.74, 6) is 1.60. The van der Waals surface area contributed by atoms with Gasteiger partial charge in [0.15, 0.2) is 5.17 Å². The van der Waals surface area contributed by atoms with Crippen LogP contribution in [0.1, 0.15) is 51.5 Å². The molecule has 0 unspecified atom stereocenters. The van der Waals surface area contributed by atoms with Crippen LogP contribution in [0.2, 0.25) is 0 Å². The van der Waals surface area contributed by atoms with Gasteiger partial charge in [-0.1, -0.05) is 49.6 Å². The first-order chi connectivity index (χ1) is 17.7. The summed E-state index contributed by atoms with van der Waals surface area (Å²) >= 11 is 1.46. The number of rotatable bonds is 7. The summed E-state index contributed by atoms with van der Waals surface area (Å²) in [7, 11) is 0. The Kier molecular flexibility index (Phi) is 7.61. The molecule has 6 heteroatoms. The van der Waals surface area contributed by atoms with Gasteiger partial charge in [-0.2, -0.15) is 0 Å². The van der Waals surface area contributed by atoms with Crippen LogP contribution in [0.25, 0.3) is 16.8 Å². The Hall–Kier alpha value is -3.25. The minimum atomic E-state index is 0.0296. The van der Waals surface area contributed by atoms with Gasteiger partial charge in [-0.25, -0.2) is 4.99 Å². The number of carbonyl (C=O) groups excluding carboxylic acids is 1. The summed E-state index contributed by atoms with van der Waals surface area (Å²) in [5.41, 5.74) is 1.76. The van der Waals surface area contributed by atoms with Crippen LogP contribution in [0, 0.1) is 0 Å². The zero-order valence-corrected chi connectivity index (χ0v) is 21.7. The maximum Gasteiger partial charge on any atom is 0.267 e. The van der Waals surface area contributed by atoms with E-state index < -0.39 is 0 Å². The lowest BCUT2D eigenvalue weighted by Gasteiger charge is -2.30. The minimum Gasteiger partial charge on any atom is -0.494 e. The third-order valence-electron chi connectivity index (χ3n) is 6.64. The highest BCUT2D eigenvalue weighted by Crippen LogP contribution is 2.41. The zero-order chi connectivity index (χ0) is 24.9. The molecule has 3 aromatic rings. The van der Waals surface area contributed by atoms with Gasteiger partial charge in [0.25, 0.3) is 5.91 Å². The van der Waals surface area contributed by atoms with Crippen LogP contribution in [0.5, 0.6) is 11.5 Å². The largest absolute Gasteiger partial charge is 0.494 e. The van der Waals surface area contributed by atoms with E-state index >= 15 is 0 Å². The Morgan fingerprint density at radius 1 is 0.972 bits per heavy atom. The molecule has 0 atom stereocenters. The molecule has 0 bridgehead atoms. The molecule has 186 valence electrons. The average Bonchev–Trinajstić information content (AvgIpc) is 3.21. The number of para-hydroxylation sites is 1. The molecule has 0 spiro atoms. The van der Waals surface area contributed by atoms with E-state index in [1.165, 1.54) is 18.2 Å². The number of fused-ring (bicyclic) bond motifs is 1. The highest BCUT2D eigenvalue weighted by molar-refractivity contribution is 8.18. The first-order valence-corrected chi connectivity index (χ1v) is 13.7. The predicted octanol–water partition coefficient (Wildman–Crippen LogP) is 7.57. The average molecular weight is 501 g/mol. The Morgan fingerprint density at radius 2 is 1.72 bits per heavy atom. The fraction of sp³-hybridized carbons (Fsp3) is 0.333. The van der Waals surface area contributed by atoms with Crippen molar-refractivity contribution in [1.29, 1.82) is 0 Å². The molecule has 1 aliphatic heterocycles. The van der Waals surface area contributed by atoms with Crippen molar-refractivity contribution in [3.05, 3.63) is 71.1 Å². The topological polar surface area (TPSA) is 51.1 Å². The maximum atomic E-state index is 13.9. The van der Waals surface area contributed by atoms with Crippen LogP contribution >= 0.6 is 11.8 Å². The molecule has 0 N–H and O–H groups in total. The molecule has 36 heavy (non-hydrogen) atoms. The van der Waals surface area contributed by atoms with Gasteiger partial charge in [-0.05, 0) is 85.6 Å². The monoisotopic (exact) mass is 500 g/mol. The molecular formula is C30H32N2O3S. The second-order valence-electron chi connectivity index (χ2n) is 9.03. The van der Waals surface area contributed by atoms with E-state index in [1.54, 1.807) is 0 Å². The number of hydrogen-bond donors (Lipinski definition) is 0. The maximum absolute atomic E-state index is 13.9. The summed E-state index contributed by atoms with van der Waals surface area (Å²) in [6, 6.07) is 20.2. The first-order valence-electron chi connectivity index (χ1n) is 12.9. The number of amides is 1. The molecule has 3 aromatic carbocycles. The molecule has 1 saturated heterocycles. The van der Waals surface area contributed by atoms with Gasteiger partial charge >= 0.3 is 0 Å². The predicted molar refractivity (Wildman–Crippen MR) is 149 cm³/mol. The van der Waals surface area contributed by atoms with E-state index in [0.717, 1.165) is 64.4 Å². The fourth-order valence-corrected chi connectivity index (χ4v) is 6.00. The highest BCUT2D eigenvalue weighted by Gasteiger charge is 2.39. The molecule has 0 aromatic heterocycles. The normalized spacial score (nSPS) is 18.9. The van der Waals surface area contributed by atoms with Crippen LogP contribution in [-0.4, -0.2) is 35.2 Å². The van der Waals surface area contributed by atoms with E-state index in [0.29, 0.717) is 18.1 Å². The van der Waals surface area contributed by atoms with Crippen molar-refractivity contribution < 1.29 is 14.3 Å². The molecule has 1 aliphatic carbocycles. The summed E-state index contributed by atoms with van der Waals surface area (Å²) in [5, 5.41) is 2.84. The number of thioether (sulfide) groups is 1. The lowest BCUT2D eigenvalue weighted by atomic mass is 9.94. The number of hydrogen-bond acceptors (Lipinski definition) is 5. The van der Waals surface area contributed by atoms with E-state index in [2.05, 4.69) is 12.1 Å². The molecule has 5 nitrogen and oxygen atoms in total. The minimum absolute atomic E-state index is 0.0296. The first kappa shape index (κ1) is 24.4. The molecular weight excluding hydrogens is 468 g/mol. The van der Waals surface area contributed by atoms with E-state index in [-0.39, 0.29) is 11.9 Å². The van der Waals surface area contributed by atoms with Gasteiger partial charge in [0.05, 0.1) is 23.8 Å². The Morgan fingerprint density at radius 3 is 2.47 bits per heavy atom. The van der Waals surface area contributed by atoms with Crippen molar-refractivity contribution in [2.75, 3.05) is 13.2 Å². The van der Waals surface area contributed by atoms with E-state index in [4.69, 9.17) is 14.5 Å². The van der Waals surface area contributed by atoms with Gasteiger partial charge < -0.3 is 9.47 Å². The van der Waals surface area contributed by atoms with Crippen LogP contribution in [-0.2, 0) is 4.79 Å². The van der Waals surface area contributed by atoms with Crippen molar-refractivity contribution >= 4 is 45.4 Å². The summed E-state index contributed by atoms with van der Waals surface area (Å²) in [4.78, 5) is 21.4. The Labute approximate surface area is 217 Å². The van der Waals surface area contributed by atoms with Crippen LogP contribution in [0.4, 0.5) is 5.69 Å². The standard InChI is InChI=1S/C30H32N2O3S/c1-3-34-24-17-15-21-16-18-27(35-4-2)26(25(21)19-24)20-28-29(33)32(23-13-9-6-10-14-23)30(36-28)31-22-11-7-5-8-12-22/h5,7-8,11-12,15-20,23H,3-4,6,9-10,13-14H2,1-2H3/b28-20-,31-30?. The highest BCUT2D eigenvalue weighted by atomic mass is 32.2. The second kappa shape index (κ2) is 11.2. The van der Waals surface area contributed by atoms with E-state index in [1.807, 2.05) is 73.4 Å². The molecule has 2 fully saturated rings. The summed E-state index contributed by atoms with van der Waals surface area (Å²) in [6.07, 6.45) is 7.55. The summed E-state index contributed by atoms with van der Waals surface area (Å²) in [6.45, 7) is 5.09. The van der Waals surface area contributed by atoms with E-state index in [9.17, 15) is 4.79 Å². The molecule has 5 rings (SSSR count). The van der Waals surface area contributed by atoms with Crippen LogP contribution < -0.4 is 9.47 Å². The second-order valence-corrected chi connectivity index (χ2v) is 10.0. The Balaban J connectivity index is 1.61. The van der Waals surface area contributed by atoms with Crippen LogP contribution in [0.15, 0.2) is 70.6 Å². The number of aliphatic imine (C=N–C) groups is 1. The lowest BCUT2D eigenvalue weighted by molar-refractivity contribution is -0.124. The fourth-order valence-electron chi connectivity index (χ4n) is 4.96. The number of benzene rings is 3.